The van der Waals surface area contributed by atoms with Crippen LogP contribution >= 0.6 is 24.0 Å². The van der Waals surface area contributed by atoms with E-state index >= 15 is 0 Å². The maximum Gasteiger partial charge on any atom is 0.189 e. The lowest BCUT2D eigenvalue weighted by atomic mass is 9.96. The molecule has 0 aromatic heterocycles. The number of nitrogens with two attached hydrogens (primary N) is 1. The van der Waals surface area contributed by atoms with Crippen molar-refractivity contribution in [2.24, 2.45) is 10.7 Å². The van der Waals surface area contributed by atoms with Gasteiger partial charge in [-0.15, -0.1) is 24.0 Å². The Labute approximate surface area is 149 Å². The number of aliphatic imine (C=N–C) groups is 1. The van der Waals surface area contributed by atoms with Gasteiger partial charge in [0.1, 0.15) is 0 Å². The predicted molar refractivity (Wildman–Crippen MR) is 100 cm³/mol. The molecule has 0 heterocycles. The monoisotopic (exact) mass is 419 g/mol. The molecular formula is C16H26IN3O2. The highest BCUT2D eigenvalue weighted by Gasteiger charge is 2.13. The van der Waals surface area contributed by atoms with Crippen molar-refractivity contribution >= 4 is 29.9 Å². The minimum Gasteiger partial charge on any atom is -0.493 e. The van der Waals surface area contributed by atoms with E-state index in [2.05, 4.69) is 10.3 Å². The number of methoxy groups -OCH3 is 2. The van der Waals surface area contributed by atoms with Crippen molar-refractivity contribution in [3.63, 3.8) is 0 Å². The molecule has 124 valence electrons. The Morgan fingerprint density at radius 2 is 1.95 bits per heavy atom. The molecule has 1 aromatic rings. The quantitative estimate of drug-likeness (QED) is 0.438. The molecule has 3 N–H and O–H groups in total. The Hall–Kier alpha value is -1.18. The zero-order chi connectivity index (χ0) is 15.1. The minimum absolute atomic E-state index is 0. The van der Waals surface area contributed by atoms with E-state index in [1.807, 2.05) is 18.2 Å². The average molecular weight is 419 g/mol. The van der Waals surface area contributed by atoms with Crippen LogP contribution in [-0.4, -0.2) is 26.2 Å². The molecule has 1 fully saturated rings. The fraction of sp³-hybridized carbons (Fsp3) is 0.562. The molecule has 1 aliphatic carbocycles. The van der Waals surface area contributed by atoms with Crippen LogP contribution in [-0.2, 0) is 6.54 Å². The van der Waals surface area contributed by atoms with Gasteiger partial charge in [0.25, 0.3) is 0 Å². The van der Waals surface area contributed by atoms with Crippen LogP contribution in [0.15, 0.2) is 23.2 Å². The molecule has 0 radical (unpaired) electrons. The number of nitrogens with zero attached hydrogens (tertiary/aromatic N) is 1. The summed E-state index contributed by atoms with van der Waals surface area (Å²) in [5, 5.41) is 3.31. The molecule has 0 bridgehead atoms. The Bertz CT molecular complexity index is 488. The summed E-state index contributed by atoms with van der Waals surface area (Å²) in [6.45, 7) is 0.478. The van der Waals surface area contributed by atoms with Crippen LogP contribution in [0.2, 0.25) is 0 Å². The number of benzene rings is 1. The van der Waals surface area contributed by atoms with Gasteiger partial charge >= 0.3 is 0 Å². The maximum absolute atomic E-state index is 5.98. The van der Waals surface area contributed by atoms with E-state index in [0.717, 1.165) is 5.56 Å². The number of hydrogen-bond donors (Lipinski definition) is 2. The van der Waals surface area contributed by atoms with E-state index in [9.17, 15) is 0 Å². The van der Waals surface area contributed by atoms with Crippen molar-refractivity contribution in [2.45, 2.75) is 44.7 Å². The van der Waals surface area contributed by atoms with Crippen LogP contribution in [0.5, 0.6) is 11.5 Å². The molecule has 6 heteroatoms. The van der Waals surface area contributed by atoms with E-state index < -0.39 is 0 Å². The summed E-state index contributed by atoms with van der Waals surface area (Å²) in [6, 6.07) is 6.24. The summed E-state index contributed by atoms with van der Waals surface area (Å²) in [5.74, 6) is 1.94. The van der Waals surface area contributed by atoms with Crippen LogP contribution in [0.3, 0.4) is 0 Å². The molecule has 0 spiro atoms. The first kappa shape index (κ1) is 18.9. The summed E-state index contributed by atoms with van der Waals surface area (Å²) in [5.41, 5.74) is 6.94. The first-order valence-corrected chi connectivity index (χ1v) is 7.51. The van der Waals surface area contributed by atoms with Crippen LogP contribution in [0.25, 0.3) is 0 Å². The average Bonchev–Trinajstić information content (AvgIpc) is 2.53. The van der Waals surface area contributed by atoms with Crippen molar-refractivity contribution in [1.29, 1.82) is 0 Å². The Kier molecular flexibility index (Phi) is 8.37. The Morgan fingerprint density at radius 1 is 1.23 bits per heavy atom. The molecule has 2 rings (SSSR count). The van der Waals surface area contributed by atoms with Gasteiger partial charge in [-0.1, -0.05) is 31.4 Å². The van der Waals surface area contributed by atoms with Crippen molar-refractivity contribution in [1.82, 2.24) is 5.32 Å². The van der Waals surface area contributed by atoms with Crippen LogP contribution in [0.4, 0.5) is 0 Å². The van der Waals surface area contributed by atoms with Crippen molar-refractivity contribution < 1.29 is 9.47 Å². The summed E-state index contributed by atoms with van der Waals surface area (Å²) in [7, 11) is 3.26. The van der Waals surface area contributed by atoms with E-state index in [1.54, 1.807) is 14.2 Å². The van der Waals surface area contributed by atoms with Crippen molar-refractivity contribution in [2.75, 3.05) is 14.2 Å². The molecular weight excluding hydrogens is 393 g/mol. The van der Waals surface area contributed by atoms with E-state index in [4.69, 9.17) is 15.2 Å². The topological polar surface area (TPSA) is 68.9 Å². The maximum atomic E-state index is 5.98. The lowest BCUT2D eigenvalue weighted by Gasteiger charge is -2.23. The number of nitrogens with one attached hydrogen (secondary N) is 1. The first-order chi connectivity index (χ1) is 10.2. The zero-order valence-corrected chi connectivity index (χ0v) is 15.6. The number of para-hydroxylation sites is 1. The van der Waals surface area contributed by atoms with Gasteiger partial charge < -0.3 is 20.5 Å². The molecule has 0 atom stereocenters. The standard InChI is InChI=1S/C16H25N3O2.HI/c1-20-14-10-6-7-12(15(14)21-2)11-18-16(17)19-13-8-4-3-5-9-13;/h6-7,10,13H,3-5,8-9,11H2,1-2H3,(H3,17,18,19);1H. The second kappa shape index (κ2) is 9.76. The smallest absolute Gasteiger partial charge is 0.189 e. The molecule has 0 saturated heterocycles. The fourth-order valence-corrected chi connectivity index (χ4v) is 2.75. The second-order valence-electron chi connectivity index (χ2n) is 5.33. The van der Waals surface area contributed by atoms with Gasteiger partial charge in [-0.2, -0.15) is 0 Å². The van der Waals surface area contributed by atoms with Crippen LogP contribution < -0.4 is 20.5 Å². The number of halogens is 1. The highest BCUT2D eigenvalue weighted by molar-refractivity contribution is 14.0. The molecule has 1 aromatic carbocycles. The Morgan fingerprint density at radius 3 is 2.59 bits per heavy atom. The summed E-state index contributed by atoms with van der Waals surface area (Å²) in [6.07, 6.45) is 6.23. The lowest BCUT2D eigenvalue weighted by molar-refractivity contribution is 0.352. The molecule has 5 nitrogen and oxygen atoms in total. The van der Waals surface area contributed by atoms with Gasteiger partial charge in [-0.25, -0.2) is 4.99 Å². The van der Waals surface area contributed by atoms with Crippen molar-refractivity contribution in [3.8, 4) is 11.5 Å². The van der Waals surface area contributed by atoms with Gasteiger partial charge in [-0.3, -0.25) is 0 Å². The van der Waals surface area contributed by atoms with Gasteiger partial charge in [0.2, 0.25) is 0 Å². The third-order valence-electron chi connectivity index (χ3n) is 3.86. The number of ether oxygens (including phenoxy) is 2. The minimum atomic E-state index is 0. The highest BCUT2D eigenvalue weighted by atomic mass is 127. The van der Waals surface area contributed by atoms with Gasteiger partial charge in [0.05, 0.1) is 20.8 Å². The highest BCUT2D eigenvalue weighted by Crippen LogP contribution is 2.31. The van der Waals surface area contributed by atoms with E-state index in [-0.39, 0.29) is 24.0 Å². The normalized spacial score (nSPS) is 15.8. The SMILES string of the molecule is COc1cccc(CN=C(N)NC2CCCCC2)c1OC.I. The van der Waals surface area contributed by atoms with E-state index in [1.165, 1.54) is 32.1 Å². The fourth-order valence-electron chi connectivity index (χ4n) is 2.75. The second-order valence-corrected chi connectivity index (χ2v) is 5.33. The first-order valence-electron chi connectivity index (χ1n) is 7.51. The number of guanidine groups is 1. The lowest BCUT2D eigenvalue weighted by Crippen LogP contribution is -2.41. The largest absolute Gasteiger partial charge is 0.493 e. The molecule has 22 heavy (non-hydrogen) atoms. The molecule has 0 aliphatic heterocycles. The number of hydrogen-bond acceptors (Lipinski definition) is 3. The molecule has 1 aliphatic rings. The van der Waals surface area contributed by atoms with E-state index in [0.29, 0.717) is 30.0 Å². The summed E-state index contributed by atoms with van der Waals surface area (Å²) in [4.78, 5) is 4.42. The molecule has 0 unspecified atom stereocenters. The third-order valence-corrected chi connectivity index (χ3v) is 3.86. The predicted octanol–water partition coefficient (Wildman–Crippen LogP) is 3.06. The van der Waals surface area contributed by atoms with Gasteiger partial charge in [-0.05, 0) is 18.9 Å². The molecule has 1 saturated carbocycles. The van der Waals surface area contributed by atoms with Crippen LogP contribution in [0.1, 0.15) is 37.7 Å². The van der Waals surface area contributed by atoms with Gasteiger partial charge in [0.15, 0.2) is 17.5 Å². The van der Waals surface area contributed by atoms with Crippen molar-refractivity contribution in [3.05, 3.63) is 23.8 Å². The summed E-state index contributed by atoms with van der Waals surface area (Å²) < 4.78 is 10.7. The third kappa shape index (κ3) is 5.23. The summed E-state index contributed by atoms with van der Waals surface area (Å²) >= 11 is 0. The zero-order valence-electron chi connectivity index (χ0n) is 13.3. The Balaban J connectivity index is 0.00000242. The molecule has 0 amide bonds. The van der Waals surface area contributed by atoms with Crippen LogP contribution in [0, 0.1) is 0 Å². The number of rotatable bonds is 5. The van der Waals surface area contributed by atoms with Gasteiger partial charge in [0, 0.05) is 11.6 Å².